The van der Waals surface area contributed by atoms with E-state index in [1.807, 2.05) is 0 Å². The van der Waals surface area contributed by atoms with Gasteiger partial charge in [0.05, 0.1) is 26.3 Å². The second-order valence-corrected chi connectivity index (χ2v) is 2.76. The van der Waals surface area contributed by atoms with E-state index in [0.29, 0.717) is 11.4 Å². The molecule has 0 saturated carbocycles. The van der Waals surface area contributed by atoms with Crippen molar-refractivity contribution < 1.29 is 14.3 Å². The van der Waals surface area contributed by atoms with Gasteiger partial charge >= 0.3 is 5.97 Å². The first-order valence-corrected chi connectivity index (χ1v) is 4.17. The summed E-state index contributed by atoms with van der Waals surface area (Å²) >= 11 is 5.73. The summed E-state index contributed by atoms with van der Waals surface area (Å²) in [4.78, 5) is 18.6. The molecule has 0 spiro atoms. The Hall–Kier alpha value is -1.36. The molecule has 1 aromatic rings. The maximum atomic E-state index is 11.0. The minimum Gasteiger partial charge on any atom is -0.492 e. The molecule has 1 aromatic heterocycles. The van der Waals surface area contributed by atoms with Crippen LogP contribution in [0.2, 0.25) is 5.15 Å². The molecule has 0 saturated heterocycles. The summed E-state index contributed by atoms with van der Waals surface area (Å²) < 4.78 is 9.45. The number of ether oxygens (including phenoxy) is 2. The van der Waals surface area contributed by atoms with Crippen LogP contribution in [0, 0.1) is 0 Å². The molecule has 0 bridgehead atoms. The van der Waals surface area contributed by atoms with E-state index in [9.17, 15) is 4.79 Å². The van der Waals surface area contributed by atoms with Gasteiger partial charge in [-0.15, -0.1) is 0 Å². The Bertz CT molecular complexity index is 343. The highest BCUT2D eigenvalue weighted by Crippen LogP contribution is 2.24. The van der Waals surface area contributed by atoms with Gasteiger partial charge in [0.15, 0.2) is 10.9 Å². The van der Waals surface area contributed by atoms with Gasteiger partial charge in [0.2, 0.25) is 0 Å². The molecule has 0 fully saturated rings. The highest BCUT2D eigenvalue weighted by atomic mass is 35.5. The molecule has 0 aromatic carbocycles. The highest BCUT2D eigenvalue weighted by Gasteiger charge is 2.13. The topological polar surface area (TPSA) is 61.3 Å². The summed E-state index contributed by atoms with van der Waals surface area (Å²) in [5.41, 5.74) is 0.416. The first kappa shape index (κ1) is 10.7. The second-order valence-electron chi connectivity index (χ2n) is 2.40. The Kier molecular flexibility index (Phi) is 3.64. The van der Waals surface area contributed by atoms with E-state index in [4.69, 9.17) is 16.3 Å². The Morgan fingerprint density at radius 1 is 1.50 bits per heavy atom. The zero-order valence-electron chi connectivity index (χ0n) is 7.78. The number of esters is 1. The lowest BCUT2D eigenvalue weighted by molar-refractivity contribution is -0.139. The number of methoxy groups -OCH3 is 2. The summed E-state index contributed by atoms with van der Waals surface area (Å²) in [5, 5.41) is 0.182. The van der Waals surface area contributed by atoms with Gasteiger partial charge in [-0.25, -0.2) is 9.97 Å². The second kappa shape index (κ2) is 4.76. The summed E-state index contributed by atoms with van der Waals surface area (Å²) in [6.45, 7) is 0. The van der Waals surface area contributed by atoms with E-state index in [0.717, 1.165) is 0 Å². The van der Waals surface area contributed by atoms with Gasteiger partial charge in [0.25, 0.3) is 0 Å². The van der Waals surface area contributed by atoms with Gasteiger partial charge in [0.1, 0.15) is 6.33 Å². The van der Waals surface area contributed by atoms with Crippen LogP contribution in [0.4, 0.5) is 0 Å². The van der Waals surface area contributed by atoms with E-state index >= 15 is 0 Å². The fraction of sp³-hybridized carbons (Fsp3) is 0.375. The van der Waals surface area contributed by atoms with Crippen LogP contribution in [0.5, 0.6) is 5.75 Å². The largest absolute Gasteiger partial charge is 0.492 e. The van der Waals surface area contributed by atoms with Crippen LogP contribution in [0.25, 0.3) is 0 Å². The van der Waals surface area contributed by atoms with Crippen molar-refractivity contribution in [3.8, 4) is 5.75 Å². The Morgan fingerprint density at radius 3 is 2.79 bits per heavy atom. The molecule has 6 heteroatoms. The molecule has 76 valence electrons. The fourth-order valence-electron chi connectivity index (χ4n) is 0.922. The van der Waals surface area contributed by atoms with Crippen molar-refractivity contribution in [3.63, 3.8) is 0 Å². The number of carbonyl (C=O) groups is 1. The van der Waals surface area contributed by atoms with E-state index in [2.05, 4.69) is 14.7 Å². The lowest BCUT2D eigenvalue weighted by atomic mass is 10.3. The first-order valence-electron chi connectivity index (χ1n) is 3.79. The van der Waals surface area contributed by atoms with Crippen LogP contribution >= 0.6 is 11.6 Å². The van der Waals surface area contributed by atoms with Crippen LogP contribution < -0.4 is 4.74 Å². The number of hydrogen-bond acceptors (Lipinski definition) is 5. The SMILES string of the molecule is COC(=O)Cc1ncnc(Cl)c1OC. The van der Waals surface area contributed by atoms with Gasteiger partial charge in [-0.2, -0.15) is 0 Å². The monoisotopic (exact) mass is 216 g/mol. The molecule has 1 rings (SSSR count). The fourth-order valence-corrected chi connectivity index (χ4v) is 1.15. The number of halogens is 1. The van der Waals surface area contributed by atoms with Crippen LogP contribution in [0.1, 0.15) is 5.69 Å². The quantitative estimate of drug-likeness (QED) is 0.554. The van der Waals surface area contributed by atoms with Crippen molar-refractivity contribution in [2.24, 2.45) is 0 Å². The number of nitrogens with zero attached hydrogens (tertiary/aromatic N) is 2. The summed E-state index contributed by atoms with van der Waals surface area (Å²) in [6, 6.07) is 0. The predicted molar refractivity (Wildman–Crippen MR) is 49.3 cm³/mol. The maximum absolute atomic E-state index is 11.0. The number of hydrogen-bond donors (Lipinski definition) is 0. The number of aromatic nitrogens is 2. The highest BCUT2D eigenvalue weighted by molar-refractivity contribution is 6.30. The van der Waals surface area contributed by atoms with Gasteiger partial charge in [-0.05, 0) is 0 Å². The molecule has 0 unspecified atom stereocenters. The molecular formula is C8H9ClN2O3. The van der Waals surface area contributed by atoms with Crippen molar-refractivity contribution >= 4 is 17.6 Å². The van der Waals surface area contributed by atoms with E-state index in [1.165, 1.54) is 20.5 Å². The van der Waals surface area contributed by atoms with Crippen molar-refractivity contribution in [3.05, 3.63) is 17.2 Å². The average molecular weight is 217 g/mol. The molecule has 0 radical (unpaired) electrons. The van der Waals surface area contributed by atoms with Crippen molar-refractivity contribution in [1.29, 1.82) is 0 Å². The third-order valence-electron chi connectivity index (χ3n) is 1.58. The predicted octanol–water partition coefficient (Wildman–Crippen LogP) is 0.854. The summed E-state index contributed by atoms with van der Waals surface area (Å²) in [7, 11) is 2.74. The average Bonchev–Trinajstić information content (AvgIpc) is 2.18. The van der Waals surface area contributed by atoms with Crippen molar-refractivity contribution in [2.45, 2.75) is 6.42 Å². The van der Waals surface area contributed by atoms with Gasteiger partial charge < -0.3 is 9.47 Å². The molecule has 14 heavy (non-hydrogen) atoms. The van der Waals surface area contributed by atoms with E-state index < -0.39 is 5.97 Å². The molecule has 0 aliphatic carbocycles. The zero-order chi connectivity index (χ0) is 10.6. The van der Waals surface area contributed by atoms with Gasteiger partial charge in [0, 0.05) is 0 Å². The van der Waals surface area contributed by atoms with Crippen LogP contribution in [-0.2, 0) is 16.0 Å². The Morgan fingerprint density at radius 2 is 2.21 bits per heavy atom. The third-order valence-corrected chi connectivity index (χ3v) is 1.85. The van der Waals surface area contributed by atoms with Crippen LogP contribution in [0.3, 0.4) is 0 Å². The van der Waals surface area contributed by atoms with E-state index in [-0.39, 0.29) is 11.6 Å². The van der Waals surface area contributed by atoms with Crippen LogP contribution in [0.15, 0.2) is 6.33 Å². The smallest absolute Gasteiger partial charge is 0.311 e. The third kappa shape index (κ3) is 2.32. The number of rotatable bonds is 3. The van der Waals surface area contributed by atoms with Crippen molar-refractivity contribution in [1.82, 2.24) is 9.97 Å². The van der Waals surface area contributed by atoms with Crippen molar-refractivity contribution in [2.75, 3.05) is 14.2 Å². The van der Waals surface area contributed by atoms with Gasteiger partial charge in [-0.1, -0.05) is 11.6 Å². The Labute approximate surface area is 86.0 Å². The molecule has 0 atom stereocenters. The van der Waals surface area contributed by atoms with Crippen LogP contribution in [-0.4, -0.2) is 30.2 Å². The molecule has 0 aliphatic heterocycles. The normalized spacial score (nSPS) is 9.64. The standard InChI is InChI=1S/C8H9ClN2O3/c1-13-6(12)3-5-7(14-2)8(9)11-4-10-5/h4H,3H2,1-2H3. The maximum Gasteiger partial charge on any atom is 0.311 e. The Balaban J connectivity index is 2.96. The molecular weight excluding hydrogens is 208 g/mol. The van der Waals surface area contributed by atoms with Gasteiger partial charge in [-0.3, -0.25) is 4.79 Å². The molecule has 5 nitrogen and oxygen atoms in total. The van der Waals surface area contributed by atoms with E-state index in [1.54, 1.807) is 0 Å². The first-order chi connectivity index (χ1) is 6.69. The summed E-state index contributed by atoms with van der Waals surface area (Å²) in [5.74, 6) is -0.0994. The molecule has 0 N–H and O–H groups in total. The zero-order valence-corrected chi connectivity index (χ0v) is 8.54. The molecule has 0 amide bonds. The molecule has 1 heterocycles. The lowest BCUT2D eigenvalue weighted by Crippen LogP contribution is -2.08. The lowest BCUT2D eigenvalue weighted by Gasteiger charge is -2.06. The minimum absolute atomic E-state index is 0.0158. The minimum atomic E-state index is -0.405. The number of carbonyl (C=O) groups excluding carboxylic acids is 1. The summed E-state index contributed by atoms with van der Waals surface area (Å²) in [6.07, 6.45) is 1.28. The molecule has 0 aliphatic rings.